The van der Waals surface area contributed by atoms with Gasteiger partial charge in [0.15, 0.2) is 0 Å². The Kier molecular flexibility index (Phi) is 8.22. The molecule has 1 unspecified atom stereocenters. The van der Waals surface area contributed by atoms with E-state index in [4.69, 9.17) is 9.47 Å². The van der Waals surface area contributed by atoms with Gasteiger partial charge in [-0.1, -0.05) is 48.5 Å². The average molecular weight is 382 g/mol. The Balaban J connectivity index is 1.75. The van der Waals surface area contributed by atoms with E-state index >= 15 is 0 Å². The van der Waals surface area contributed by atoms with Gasteiger partial charge in [0, 0.05) is 6.54 Å². The zero-order chi connectivity index (χ0) is 20.1. The van der Waals surface area contributed by atoms with Crippen LogP contribution >= 0.6 is 0 Å². The van der Waals surface area contributed by atoms with E-state index in [9.17, 15) is 0 Å². The Morgan fingerprint density at radius 3 is 2.07 bits per heavy atom. The number of nitrogens with zero attached hydrogens (tertiary/aromatic N) is 1. The molecule has 2 fully saturated rings. The predicted octanol–water partition coefficient (Wildman–Crippen LogP) is 5.92. The van der Waals surface area contributed by atoms with Crippen molar-refractivity contribution in [1.29, 1.82) is 0 Å². The van der Waals surface area contributed by atoms with Crippen LogP contribution in [0.3, 0.4) is 0 Å². The highest BCUT2D eigenvalue weighted by atomic mass is 16.6. The van der Waals surface area contributed by atoms with Gasteiger partial charge >= 0.3 is 0 Å². The van der Waals surface area contributed by atoms with Crippen molar-refractivity contribution in [2.45, 2.75) is 105 Å². The van der Waals surface area contributed by atoms with Crippen LogP contribution < -0.4 is 0 Å². The van der Waals surface area contributed by atoms with Gasteiger partial charge in [0.05, 0.1) is 24.9 Å². The van der Waals surface area contributed by atoms with Crippen LogP contribution in [-0.4, -0.2) is 49.5 Å². The van der Waals surface area contributed by atoms with Crippen LogP contribution in [0, 0.1) is 16.7 Å². The highest BCUT2D eigenvalue weighted by Gasteiger charge is 2.43. The van der Waals surface area contributed by atoms with Crippen molar-refractivity contribution < 1.29 is 9.47 Å². The summed E-state index contributed by atoms with van der Waals surface area (Å²) in [5.41, 5.74) is 0.895. The number of hydrogen-bond donors (Lipinski definition) is 0. The zero-order valence-electron chi connectivity index (χ0n) is 19.4. The second-order valence-corrected chi connectivity index (χ2v) is 11.1. The van der Waals surface area contributed by atoms with E-state index in [0.717, 1.165) is 45.2 Å². The number of rotatable bonds is 8. The lowest BCUT2D eigenvalue weighted by Gasteiger charge is -2.48. The van der Waals surface area contributed by atoms with Crippen molar-refractivity contribution in [3.63, 3.8) is 0 Å². The summed E-state index contributed by atoms with van der Waals surface area (Å²) in [6, 6.07) is 0. The highest BCUT2D eigenvalue weighted by molar-refractivity contribution is 4.94. The first kappa shape index (κ1) is 23.2. The predicted molar refractivity (Wildman–Crippen MR) is 115 cm³/mol. The molecular formula is C24H47NO2. The van der Waals surface area contributed by atoms with Crippen LogP contribution in [0.1, 0.15) is 93.4 Å². The molecule has 3 nitrogen and oxygen atoms in total. The van der Waals surface area contributed by atoms with E-state index in [1.807, 2.05) is 0 Å². The van der Waals surface area contributed by atoms with E-state index < -0.39 is 0 Å². The Hall–Kier alpha value is -0.120. The molecule has 1 saturated heterocycles. The van der Waals surface area contributed by atoms with Gasteiger partial charge in [-0.15, -0.1) is 0 Å². The van der Waals surface area contributed by atoms with Crippen molar-refractivity contribution >= 4 is 0 Å². The number of hydrogen-bond acceptors (Lipinski definition) is 3. The quantitative estimate of drug-likeness (QED) is 0.521. The molecule has 1 spiro atoms. The van der Waals surface area contributed by atoms with E-state index in [0.29, 0.717) is 10.8 Å². The molecule has 0 aromatic carbocycles. The van der Waals surface area contributed by atoms with Gasteiger partial charge in [0.25, 0.3) is 0 Å². The van der Waals surface area contributed by atoms with Gasteiger partial charge < -0.3 is 14.4 Å². The third kappa shape index (κ3) is 7.01. The Morgan fingerprint density at radius 1 is 0.963 bits per heavy atom. The average Bonchev–Trinajstić information content (AvgIpc) is 2.62. The van der Waals surface area contributed by atoms with Crippen molar-refractivity contribution in [1.82, 2.24) is 4.90 Å². The molecule has 1 saturated carbocycles. The van der Waals surface area contributed by atoms with Crippen molar-refractivity contribution in [2.75, 3.05) is 32.8 Å². The summed E-state index contributed by atoms with van der Waals surface area (Å²) >= 11 is 0. The van der Waals surface area contributed by atoms with Crippen LogP contribution in [0.25, 0.3) is 0 Å². The molecule has 0 bridgehead atoms. The summed E-state index contributed by atoms with van der Waals surface area (Å²) < 4.78 is 12.7. The van der Waals surface area contributed by atoms with Crippen LogP contribution in [0.2, 0.25) is 0 Å². The Labute approximate surface area is 169 Å². The minimum absolute atomic E-state index is 0.0162. The molecule has 160 valence electrons. The summed E-state index contributed by atoms with van der Waals surface area (Å²) in [6.07, 6.45) is 8.99. The van der Waals surface area contributed by atoms with E-state index in [-0.39, 0.29) is 11.7 Å². The molecule has 2 rings (SSSR count). The third-order valence-corrected chi connectivity index (χ3v) is 7.34. The van der Waals surface area contributed by atoms with Crippen molar-refractivity contribution in [3.8, 4) is 0 Å². The van der Waals surface area contributed by atoms with Gasteiger partial charge in [0.2, 0.25) is 0 Å². The molecule has 0 aromatic heterocycles. The summed E-state index contributed by atoms with van der Waals surface area (Å²) in [7, 11) is 0. The van der Waals surface area contributed by atoms with E-state index in [2.05, 4.69) is 53.4 Å². The van der Waals surface area contributed by atoms with Gasteiger partial charge in [-0.2, -0.15) is 0 Å². The zero-order valence-corrected chi connectivity index (χ0v) is 19.4. The fourth-order valence-corrected chi connectivity index (χ4v) is 4.78. The lowest BCUT2D eigenvalue weighted by atomic mass is 9.64. The first-order chi connectivity index (χ1) is 12.6. The molecule has 1 aliphatic carbocycles. The SMILES string of the molecule is CCN(CC)CCC1COC2(CCC(C(C)(C)CCC(C)(C)C)CC2)CO1. The molecule has 0 radical (unpaired) electrons. The maximum atomic E-state index is 6.45. The molecule has 0 N–H and O–H groups in total. The molecule has 1 aliphatic heterocycles. The van der Waals surface area contributed by atoms with E-state index in [1.54, 1.807) is 0 Å². The topological polar surface area (TPSA) is 21.7 Å². The first-order valence-electron chi connectivity index (χ1n) is 11.6. The second kappa shape index (κ2) is 9.59. The smallest absolute Gasteiger partial charge is 0.0916 e. The van der Waals surface area contributed by atoms with Crippen LogP contribution in [0.5, 0.6) is 0 Å². The third-order valence-electron chi connectivity index (χ3n) is 7.34. The molecule has 3 heteroatoms. The molecule has 0 amide bonds. The van der Waals surface area contributed by atoms with Gasteiger partial charge in [0.1, 0.15) is 0 Å². The van der Waals surface area contributed by atoms with Gasteiger partial charge in [-0.3, -0.25) is 0 Å². The summed E-state index contributed by atoms with van der Waals surface area (Å²) in [5, 5.41) is 0. The molecule has 1 atom stereocenters. The Bertz CT molecular complexity index is 418. The van der Waals surface area contributed by atoms with Gasteiger partial charge in [-0.05, 0) is 74.8 Å². The monoisotopic (exact) mass is 381 g/mol. The lowest BCUT2D eigenvalue weighted by Crippen LogP contribution is -2.50. The first-order valence-corrected chi connectivity index (χ1v) is 11.6. The minimum atomic E-state index is 0.0162. The molecule has 27 heavy (non-hydrogen) atoms. The number of ether oxygens (including phenoxy) is 2. The summed E-state index contributed by atoms with van der Waals surface area (Å²) in [6.45, 7) is 21.5. The Morgan fingerprint density at radius 2 is 1.59 bits per heavy atom. The fourth-order valence-electron chi connectivity index (χ4n) is 4.78. The summed E-state index contributed by atoms with van der Waals surface area (Å²) in [5.74, 6) is 0.828. The highest BCUT2D eigenvalue weighted by Crippen LogP contribution is 2.47. The largest absolute Gasteiger partial charge is 0.373 e. The van der Waals surface area contributed by atoms with Crippen molar-refractivity contribution in [3.05, 3.63) is 0 Å². The maximum Gasteiger partial charge on any atom is 0.0916 e. The van der Waals surface area contributed by atoms with Gasteiger partial charge in [-0.25, -0.2) is 0 Å². The standard InChI is InChI=1S/C24H47NO2/c1-8-25(9-2)17-12-21-18-27-24(19-26-21)13-10-20(11-14-24)23(6,7)16-15-22(3,4)5/h20-21H,8-19H2,1-7H3. The van der Waals surface area contributed by atoms with Crippen LogP contribution in [-0.2, 0) is 9.47 Å². The lowest BCUT2D eigenvalue weighted by molar-refractivity contribution is -0.209. The fraction of sp³-hybridized carbons (Fsp3) is 1.00. The van der Waals surface area contributed by atoms with Crippen LogP contribution in [0.4, 0.5) is 0 Å². The molecule has 0 aromatic rings. The van der Waals surface area contributed by atoms with E-state index in [1.165, 1.54) is 38.5 Å². The minimum Gasteiger partial charge on any atom is -0.373 e. The second-order valence-electron chi connectivity index (χ2n) is 11.1. The molecular weight excluding hydrogens is 334 g/mol. The molecule has 2 aliphatic rings. The normalized spacial score (nSPS) is 30.2. The molecule has 1 heterocycles. The maximum absolute atomic E-state index is 6.45. The van der Waals surface area contributed by atoms with Crippen LogP contribution in [0.15, 0.2) is 0 Å². The van der Waals surface area contributed by atoms with Crippen molar-refractivity contribution in [2.24, 2.45) is 16.7 Å². The summed E-state index contributed by atoms with van der Waals surface area (Å²) in [4.78, 5) is 2.47.